The number of nitrogens with one attached hydrogen (secondary N) is 1. The third kappa shape index (κ3) is 1.84. The van der Waals surface area contributed by atoms with Gasteiger partial charge < -0.3 is 5.32 Å². The second kappa shape index (κ2) is 3.99. The van der Waals surface area contributed by atoms with E-state index < -0.39 is 0 Å². The van der Waals surface area contributed by atoms with Crippen molar-refractivity contribution < 1.29 is 4.39 Å². The SMILES string of the molecule is CNC1CC(c2ccc(F)c(Br)c2)C1. The van der Waals surface area contributed by atoms with Crippen molar-refractivity contribution in [2.75, 3.05) is 7.05 Å². The highest BCUT2D eigenvalue weighted by Crippen LogP contribution is 2.37. The molecule has 1 aromatic carbocycles. The molecule has 1 nitrogen and oxygen atoms in total. The summed E-state index contributed by atoms with van der Waals surface area (Å²) in [5.41, 5.74) is 1.24. The Bertz CT molecular complexity index is 334. The minimum atomic E-state index is -0.182. The Morgan fingerprint density at radius 3 is 2.71 bits per heavy atom. The van der Waals surface area contributed by atoms with Gasteiger partial charge in [-0.15, -0.1) is 0 Å². The van der Waals surface area contributed by atoms with Crippen molar-refractivity contribution >= 4 is 15.9 Å². The molecule has 0 amide bonds. The van der Waals surface area contributed by atoms with E-state index in [9.17, 15) is 4.39 Å². The van der Waals surface area contributed by atoms with Crippen LogP contribution in [0, 0.1) is 5.82 Å². The molecule has 2 rings (SSSR count). The molecular formula is C11H13BrFN. The average Bonchev–Trinajstić information content (AvgIpc) is 2.09. The molecule has 0 saturated heterocycles. The molecule has 1 aliphatic rings. The van der Waals surface area contributed by atoms with Crippen molar-refractivity contribution in [1.29, 1.82) is 0 Å². The standard InChI is InChI=1S/C11H13BrFN/c1-14-9-4-8(5-9)7-2-3-11(13)10(12)6-7/h2-3,6,8-9,14H,4-5H2,1H3. The van der Waals surface area contributed by atoms with Gasteiger partial charge in [0.05, 0.1) is 4.47 Å². The van der Waals surface area contributed by atoms with E-state index in [-0.39, 0.29) is 5.82 Å². The van der Waals surface area contributed by atoms with Gasteiger partial charge in [0, 0.05) is 6.04 Å². The molecule has 1 aliphatic carbocycles. The first-order valence-electron chi connectivity index (χ1n) is 4.83. The van der Waals surface area contributed by atoms with Crippen molar-refractivity contribution in [1.82, 2.24) is 5.32 Å². The van der Waals surface area contributed by atoms with Crippen LogP contribution in [0.5, 0.6) is 0 Å². The molecule has 0 bridgehead atoms. The van der Waals surface area contributed by atoms with Gasteiger partial charge in [-0.05, 0) is 59.4 Å². The van der Waals surface area contributed by atoms with E-state index in [4.69, 9.17) is 0 Å². The quantitative estimate of drug-likeness (QED) is 0.859. The second-order valence-electron chi connectivity index (χ2n) is 3.83. The molecule has 0 aliphatic heterocycles. The molecule has 0 atom stereocenters. The summed E-state index contributed by atoms with van der Waals surface area (Å²) >= 11 is 3.21. The maximum atomic E-state index is 13.0. The summed E-state index contributed by atoms with van der Waals surface area (Å²) in [6, 6.07) is 5.96. The van der Waals surface area contributed by atoms with Crippen LogP contribution in [-0.4, -0.2) is 13.1 Å². The largest absolute Gasteiger partial charge is 0.317 e. The van der Waals surface area contributed by atoms with Crippen molar-refractivity contribution in [2.45, 2.75) is 24.8 Å². The highest BCUT2D eigenvalue weighted by molar-refractivity contribution is 9.10. The van der Waals surface area contributed by atoms with Crippen LogP contribution in [0.4, 0.5) is 4.39 Å². The van der Waals surface area contributed by atoms with Gasteiger partial charge in [0.15, 0.2) is 0 Å². The monoisotopic (exact) mass is 257 g/mol. The molecule has 0 radical (unpaired) electrons. The number of benzene rings is 1. The van der Waals surface area contributed by atoms with Gasteiger partial charge in [0.25, 0.3) is 0 Å². The van der Waals surface area contributed by atoms with Gasteiger partial charge in [0.2, 0.25) is 0 Å². The highest BCUT2D eigenvalue weighted by Gasteiger charge is 2.29. The predicted molar refractivity (Wildman–Crippen MR) is 58.9 cm³/mol. The number of halogens is 2. The highest BCUT2D eigenvalue weighted by atomic mass is 79.9. The lowest BCUT2D eigenvalue weighted by Crippen LogP contribution is -2.37. The molecule has 3 heteroatoms. The smallest absolute Gasteiger partial charge is 0.137 e. The molecule has 1 saturated carbocycles. The molecule has 1 aromatic rings. The van der Waals surface area contributed by atoms with Gasteiger partial charge in [-0.25, -0.2) is 4.39 Å². The first-order chi connectivity index (χ1) is 6.70. The summed E-state index contributed by atoms with van der Waals surface area (Å²) in [4.78, 5) is 0. The van der Waals surface area contributed by atoms with Crippen molar-refractivity contribution in [3.8, 4) is 0 Å². The molecule has 1 fully saturated rings. The Morgan fingerprint density at radius 1 is 1.43 bits per heavy atom. The van der Waals surface area contributed by atoms with E-state index in [1.54, 1.807) is 0 Å². The van der Waals surface area contributed by atoms with Crippen LogP contribution in [0.25, 0.3) is 0 Å². The molecule has 0 unspecified atom stereocenters. The molecular weight excluding hydrogens is 245 g/mol. The van der Waals surface area contributed by atoms with E-state index in [1.807, 2.05) is 19.2 Å². The fourth-order valence-electron chi connectivity index (χ4n) is 1.89. The van der Waals surface area contributed by atoms with Crippen LogP contribution < -0.4 is 5.32 Å². The Kier molecular flexibility index (Phi) is 2.88. The van der Waals surface area contributed by atoms with Gasteiger partial charge >= 0.3 is 0 Å². The van der Waals surface area contributed by atoms with Gasteiger partial charge in [0.1, 0.15) is 5.82 Å². The van der Waals surface area contributed by atoms with E-state index in [1.165, 1.54) is 11.6 Å². The van der Waals surface area contributed by atoms with Crippen LogP contribution in [-0.2, 0) is 0 Å². The minimum absolute atomic E-state index is 0.182. The van der Waals surface area contributed by atoms with Gasteiger partial charge in [-0.3, -0.25) is 0 Å². The van der Waals surface area contributed by atoms with Gasteiger partial charge in [-0.1, -0.05) is 6.07 Å². The first kappa shape index (κ1) is 10.1. The zero-order valence-corrected chi connectivity index (χ0v) is 9.64. The van der Waals surface area contributed by atoms with Gasteiger partial charge in [-0.2, -0.15) is 0 Å². The Labute approximate surface area is 91.8 Å². The molecule has 76 valence electrons. The van der Waals surface area contributed by atoms with Crippen LogP contribution in [0.3, 0.4) is 0 Å². The Balaban J connectivity index is 2.08. The summed E-state index contributed by atoms with van der Waals surface area (Å²) in [6.07, 6.45) is 2.32. The fraction of sp³-hybridized carbons (Fsp3) is 0.455. The number of hydrogen-bond acceptors (Lipinski definition) is 1. The summed E-state index contributed by atoms with van der Waals surface area (Å²) < 4.78 is 13.5. The van der Waals surface area contributed by atoms with Crippen LogP contribution >= 0.6 is 15.9 Å². The molecule has 1 N–H and O–H groups in total. The number of hydrogen-bond donors (Lipinski definition) is 1. The maximum absolute atomic E-state index is 13.0. The van der Waals surface area contributed by atoms with E-state index in [2.05, 4.69) is 21.2 Å². The lowest BCUT2D eigenvalue weighted by Gasteiger charge is -2.35. The Morgan fingerprint density at radius 2 is 2.14 bits per heavy atom. The van der Waals surface area contributed by atoms with Crippen molar-refractivity contribution in [3.63, 3.8) is 0 Å². The van der Waals surface area contributed by atoms with Crippen molar-refractivity contribution in [3.05, 3.63) is 34.1 Å². The minimum Gasteiger partial charge on any atom is -0.317 e. The molecule has 14 heavy (non-hydrogen) atoms. The normalized spacial score (nSPS) is 25.9. The van der Waals surface area contributed by atoms with Crippen LogP contribution in [0.2, 0.25) is 0 Å². The zero-order chi connectivity index (χ0) is 10.1. The third-order valence-corrected chi connectivity index (χ3v) is 3.57. The summed E-state index contributed by atoms with van der Waals surface area (Å²) in [5.74, 6) is 0.419. The summed E-state index contributed by atoms with van der Waals surface area (Å²) in [5, 5.41) is 3.24. The zero-order valence-electron chi connectivity index (χ0n) is 8.06. The lowest BCUT2D eigenvalue weighted by atomic mass is 9.76. The number of rotatable bonds is 2. The fourth-order valence-corrected chi connectivity index (χ4v) is 2.29. The van der Waals surface area contributed by atoms with Crippen LogP contribution in [0.15, 0.2) is 22.7 Å². The molecule has 0 aromatic heterocycles. The third-order valence-electron chi connectivity index (χ3n) is 2.96. The first-order valence-corrected chi connectivity index (χ1v) is 5.62. The van der Waals surface area contributed by atoms with Crippen molar-refractivity contribution in [2.24, 2.45) is 0 Å². The molecule has 0 spiro atoms. The second-order valence-corrected chi connectivity index (χ2v) is 4.68. The van der Waals surface area contributed by atoms with Crippen LogP contribution in [0.1, 0.15) is 24.3 Å². The topological polar surface area (TPSA) is 12.0 Å². The lowest BCUT2D eigenvalue weighted by molar-refractivity contribution is 0.307. The average molecular weight is 258 g/mol. The Hall–Kier alpha value is -0.410. The maximum Gasteiger partial charge on any atom is 0.137 e. The summed E-state index contributed by atoms with van der Waals surface area (Å²) in [6.45, 7) is 0. The summed E-state index contributed by atoms with van der Waals surface area (Å²) in [7, 11) is 1.99. The van der Waals surface area contributed by atoms with E-state index in [0.717, 1.165) is 12.8 Å². The van der Waals surface area contributed by atoms with E-state index in [0.29, 0.717) is 16.4 Å². The molecule has 0 heterocycles. The predicted octanol–water partition coefficient (Wildman–Crippen LogP) is 3.05. The van der Waals surface area contributed by atoms with E-state index >= 15 is 0 Å².